The normalized spacial score (nSPS) is 19.3. The van der Waals surface area contributed by atoms with Crippen molar-refractivity contribution in [1.82, 2.24) is 0 Å². The molecule has 1 saturated carbocycles. The number of benzene rings is 1. The van der Waals surface area contributed by atoms with Gasteiger partial charge in [0.05, 0.1) is 6.10 Å². The minimum atomic E-state index is 0.141. The Morgan fingerprint density at radius 1 is 1.33 bits per heavy atom. The van der Waals surface area contributed by atoms with Gasteiger partial charge in [-0.2, -0.15) is 0 Å². The lowest BCUT2D eigenvalue weighted by molar-refractivity contribution is 0.107. The maximum Gasteiger partial charge on any atom is 0.0543 e. The quantitative estimate of drug-likeness (QED) is 0.830. The molecule has 1 aromatic rings. The third kappa shape index (κ3) is 3.33. The van der Waals surface area contributed by atoms with Gasteiger partial charge in [-0.25, -0.2) is 0 Å². The van der Waals surface area contributed by atoms with E-state index in [0.29, 0.717) is 6.10 Å². The third-order valence-corrected chi connectivity index (χ3v) is 4.20. The molecule has 2 nitrogen and oxygen atoms in total. The average molecular weight is 247 g/mol. The van der Waals surface area contributed by atoms with Gasteiger partial charge in [0.25, 0.3) is 0 Å². The van der Waals surface area contributed by atoms with Crippen LogP contribution < -0.4 is 5.73 Å². The van der Waals surface area contributed by atoms with Crippen molar-refractivity contribution in [2.45, 2.75) is 57.1 Å². The molecular formula is C16H25NO. The van der Waals surface area contributed by atoms with Gasteiger partial charge >= 0.3 is 0 Å². The van der Waals surface area contributed by atoms with Gasteiger partial charge in [-0.05, 0) is 49.7 Å². The number of hydrogen-bond donors (Lipinski definition) is 1. The van der Waals surface area contributed by atoms with Crippen molar-refractivity contribution in [3.63, 3.8) is 0 Å². The second kappa shape index (κ2) is 6.35. The van der Waals surface area contributed by atoms with Crippen LogP contribution >= 0.6 is 0 Å². The highest BCUT2D eigenvalue weighted by atomic mass is 16.5. The monoisotopic (exact) mass is 247 g/mol. The van der Waals surface area contributed by atoms with Crippen LogP contribution in [0, 0.1) is 0 Å². The summed E-state index contributed by atoms with van der Waals surface area (Å²) in [5, 5.41) is 0. The zero-order chi connectivity index (χ0) is 13.0. The lowest BCUT2D eigenvalue weighted by Crippen LogP contribution is -2.15. The summed E-state index contributed by atoms with van der Waals surface area (Å²) >= 11 is 0. The van der Waals surface area contributed by atoms with E-state index in [2.05, 4.69) is 31.2 Å². The van der Waals surface area contributed by atoms with E-state index in [1.165, 1.54) is 30.4 Å². The van der Waals surface area contributed by atoms with E-state index in [1.54, 1.807) is 7.11 Å². The zero-order valence-electron chi connectivity index (χ0n) is 11.6. The summed E-state index contributed by atoms with van der Waals surface area (Å²) in [6.45, 7) is 2.09. The molecule has 0 saturated heterocycles. The van der Waals surface area contributed by atoms with Gasteiger partial charge in [0.1, 0.15) is 0 Å². The SMILES string of the molecule is COC(C)CCC(N)c1cccc(C2CCC2)c1. The van der Waals surface area contributed by atoms with Crippen LogP contribution in [0.2, 0.25) is 0 Å². The minimum Gasteiger partial charge on any atom is -0.382 e. The maximum atomic E-state index is 6.27. The molecule has 0 aromatic heterocycles. The van der Waals surface area contributed by atoms with E-state index in [0.717, 1.165) is 18.8 Å². The van der Waals surface area contributed by atoms with Crippen molar-refractivity contribution in [2.75, 3.05) is 7.11 Å². The fraction of sp³-hybridized carbons (Fsp3) is 0.625. The van der Waals surface area contributed by atoms with Gasteiger partial charge in [-0.1, -0.05) is 30.7 Å². The highest BCUT2D eigenvalue weighted by Gasteiger charge is 2.20. The Kier molecular flexibility index (Phi) is 4.79. The lowest BCUT2D eigenvalue weighted by Gasteiger charge is -2.26. The second-order valence-corrected chi connectivity index (χ2v) is 5.53. The van der Waals surface area contributed by atoms with E-state index in [4.69, 9.17) is 10.5 Å². The van der Waals surface area contributed by atoms with E-state index in [9.17, 15) is 0 Å². The highest BCUT2D eigenvalue weighted by molar-refractivity contribution is 5.29. The molecule has 2 heteroatoms. The van der Waals surface area contributed by atoms with Crippen molar-refractivity contribution in [3.05, 3.63) is 35.4 Å². The molecule has 2 unspecified atom stereocenters. The van der Waals surface area contributed by atoms with Crippen molar-refractivity contribution in [2.24, 2.45) is 5.73 Å². The van der Waals surface area contributed by atoms with Crippen LogP contribution in [-0.4, -0.2) is 13.2 Å². The molecule has 1 aliphatic rings. The molecule has 2 rings (SSSR count). The van der Waals surface area contributed by atoms with Crippen LogP contribution in [0.4, 0.5) is 0 Å². The molecule has 0 amide bonds. The summed E-state index contributed by atoms with van der Waals surface area (Å²) in [6, 6.07) is 9.01. The van der Waals surface area contributed by atoms with Gasteiger partial charge in [0, 0.05) is 13.2 Å². The first-order chi connectivity index (χ1) is 8.70. The van der Waals surface area contributed by atoms with Gasteiger partial charge < -0.3 is 10.5 Å². The Morgan fingerprint density at radius 3 is 2.72 bits per heavy atom. The number of methoxy groups -OCH3 is 1. The fourth-order valence-electron chi connectivity index (χ4n) is 2.48. The number of ether oxygens (including phenoxy) is 1. The molecule has 0 radical (unpaired) electrons. The summed E-state index contributed by atoms with van der Waals surface area (Å²) in [5.41, 5.74) is 9.03. The molecule has 100 valence electrons. The Labute approximate surface area is 111 Å². The summed E-state index contributed by atoms with van der Waals surface area (Å²) in [6.07, 6.45) is 6.38. The number of nitrogens with two attached hydrogens (primary N) is 1. The molecule has 0 spiro atoms. The Bertz CT molecular complexity index is 373. The predicted molar refractivity (Wildman–Crippen MR) is 75.7 cm³/mol. The van der Waals surface area contributed by atoms with Gasteiger partial charge in [0.2, 0.25) is 0 Å². The van der Waals surface area contributed by atoms with E-state index in [-0.39, 0.29) is 6.04 Å². The Morgan fingerprint density at radius 2 is 2.11 bits per heavy atom. The lowest BCUT2D eigenvalue weighted by atomic mass is 9.79. The van der Waals surface area contributed by atoms with Crippen LogP contribution in [0.3, 0.4) is 0 Å². The topological polar surface area (TPSA) is 35.2 Å². The smallest absolute Gasteiger partial charge is 0.0543 e. The van der Waals surface area contributed by atoms with Crippen LogP contribution in [0.1, 0.15) is 62.1 Å². The van der Waals surface area contributed by atoms with Crippen LogP contribution in [0.5, 0.6) is 0 Å². The van der Waals surface area contributed by atoms with Gasteiger partial charge in [0.15, 0.2) is 0 Å². The predicted octanol–water partition coefficient (Wildman–Crippen LogP) is 3.77. The zero-order valence-corrected chi connectivity index (χ0v) is 11.6. The first-order valence-corrected chi connectivity index (χ1v) is 7.09. The highest BCUT2D eigenvalue weighted by Crippen LogP contribution is 2.37. The fourth-order valence-corrected chi connectivity index (χ4v) is 2.48. The molecule has 0 heterocycles. The molecule has 2 atom stereocenters. The molecule has 2 N–H and O–H groups in total. The van der Waals surface area contributed by atoms with Crippen molar-refractivity contribution >= 4 is 0 Å². The molecule has 1 aliphatic carbocycles. The number of hydrogen-bond acceptors (Lipinski definition) is 2. The standard InChI is InChI=1S/C16H25NO/c1-12(18-2)9-10-16(17)15-8-4-7-14(11-15)13-5-3-6-13/h4,7-8,11-13,16H,3,5-6,9-10,17H2,1-2H3. The molecule has 0 bridgehead atoms. The summed E-state index contributed by atoms with van der Waals surface area (Å²) in [7, 11) is 1.76. The Balaban J connectivity index is 1.94. The Hall–Kier alpha value is -0.860. The molecule has 1 aromatic carbocycles. The van der Waals surface area contributed by atoms with E-state index >= 15 is 0 Å². The van der Waals surface area contributed by atoms with Crippen molar-refractivity contribution in [1.29, 1.82) is 0 Å². The average Bonchev–Trinajstić information content (AvgIpc) is 2.33. The minimum absolute atomic E-state index is 0.141. The summed E-state index contributed by atoms with van der Waals surface area (Å²) in [4.78, 5) is 0. The third-order valence-electron chi connectivity index (χ3n) is 4.20. The van der Waals surface area contributed by atoms with E-state index < -0.39 is 0 Å². The van der Waals surface area contributed by atoms with Crippen molar-refractivity contribution in [3.8, 4) is 0 Å². The van der Waals surface area contributed by atoms with Crippen molar-refractivity contribution < 1.29 is 4.74 Å². The largest absolute Gasteiger partial charge is 0.382 e. The summed E-state index contributed by atoms with van der Waals surface area (Å²) in [5.74, 6) is 0.787. The van der Waals surface area contributed by atoms with Crippen LogP contribution in [0.25, 0.3) is 0 Å². The van der Waals surface area contributed by atoms with Gasteiger partial charge in [-0.3, -0.25) is 0 Å². The molecule has 18 heavy (non-hydrogen) atoms. The first kappa shape index (κ1) is 13.6. The summed E-state index contributed by atoms with van der Waals surface area (Å²) < 4.78 is 5.27. The van der Waals surface area contributed by atoms with Crippen LogP contribution in [0.15, 0.2) is 24.3 Å². The number of rotatable bonds is 6. The molecular weight excluding hydrogens is 222 g/mol. The second-order valence-electron chi connectivity index (χ2n) is 5.53. The first-order valence-electron chi connectivity index (χ1n) is 7.09. The van der Waals surface area contributed by atoms with Gasteiger partial charge in [-0.15, -0.1) is 0 Å². The van der Waals surface area contributed by atoms with Crippen LogP contribution in [-0.2, 0) is 4.74 Å². The molecule has 1 fully saturated rings. The van der Waals surface area contributed by atoms with E-state index in [1.807, 2.05) is 0 Å². The maximum absolute atomic E-state index is 6.27. The molecule has 0 aliphatic heterocycles.